The summed E-state index contributed by atoms with van der Waals surface area (Å²) in [6.45, 7) is 4.58. The fraction of sp³-hybridized carbons (Fsp3) is 0.538. The molecule has 3 heteroatoms. The molecule has 1 aromatic heterocycles. The summed E-state index contributed by atoms with van der Waals surface area (Å²) in [5.74, 6) is 0.264. The third-order valence-corrected chi connectivity index (χ3v) is 2.80. The van der Waals surface area contributed by atoms with Crippen molar-refractivity contribution < 1.29 is 4.79 Å². The number of pyridine rings is 1. The second-order valence-corrected chi connectivity index (χ2v) is 4.13. The highest BCUT2D eigenvalue weighted by Crippen LogP contribution is 2.08. The molecule has 0 bridgehead atoms. The van der Waals surface area contributed by atoms with Crippen LogP contribution >= 0.6 is 0 Å². The molecule has 3 nitrogen and oxygen atoms in total. The van der Waals surface area contributed by atoms with Crippen LogP contribution in [0.4, 0.5) is 0 Å². The van der Waals surface area contributed by atoms with Crippen molar-refractivity contribution in [1.29, 1.82) is 0 Å². The van der Waals surface area contributed by atoms with Crippen molar-refractivity contribution in [1.82, 2.24) is 4.98 Å². The highest BCUT2D eigenvalue weighted by Gasteiger charge is 2.12. The van der Waals surface area contributed by atoms with E-state index in [1.54, 1.807) is 0 Å². The number of nitrogens with zero attached hydrogens (tertiary/aromatic N) is 1. The summed E-state index contributed by atoms with van der Waals surface area (Å²) in [4.78, 5) is 16.0. The molecule has 88 valence electrons. The molecule has 0 aliphatic rings. The first-order valence-electron chi connectivity index (χ1n) is 5.84. The van der Waals surface area contributed by atoms with Crippen molar-refractivity contribution in [3.63, 3.8) is 0 Å². The Balaban J connectivity index is 2.55. The molecule has 0 radical (unpaired) electrons. The maximum absolute atomic E-state index is 11.8. The van der Waals surface area contributed by atoms with Crippen molar-refractivity contribution in [2.45, 2.75) is 33.1 Å². The Morgan fingerprint density at radius 3 is 2.75 bits per heavy atom. The maximum atomic E-state index is 11.8. The molecule has 0 aliphatic heterocycles. The minimum Gasteiger partial charge on any atom is -0.330 e. The molecule has 0 spiro atoms. The summed E-state index contributed by atoms with van der Waals surface area (Å²) in [5, 5.41) is 0. The van der Waals surface area contributed by atoms with Gasteiger partial charge in [-0.2, -0.15) is 0 Å². The molecule has 0 amide bonds. The van der Waals surface area contributed by atoms with Gasteiger partial charge in [0.2, 0.25) is 0 Å². The standard InChI is InChI=1S/C13H20N2O/c1-3-11-4-5-12(15-9-11)8-13(16)10(2)6-7-14/h4-5,9-10H,3,6-8,14H2,1-2H3. The minimum absolute atomic E-state index is 0.0395. The van der Waals surface area contributed by atoms with Crippen molar-refractivity contribution in [2.75, 3.05) is 6.54 Å². The van der Waals surface area contributed by atoms with Crippen molar-refractivity contribution in [3.05, 3.63) is 29.6 Å². The average molecular weight is 220 g/mol. The van der Waals surface area contributed by atoms with Crippen LogP contribution in [0.15, 0.2) is 18.3 Å². The van der Waals surface area contributed by atoms with Crippen molar-refractivity contribution >= 4 is 5.78 Å². The molecule has 1 heterocycles. The fourth-order valence-electron chi connectivity index (χ4n) is 1.53. The fourth-order valence-corrected chi connectivity index (χ4v) is 1.53. The topological polar surface area (TPSA) is 56.0 Å². The Bertz CT molecular complexity index is 332. The smallest absolute Gasteiger partial charge is 0.141 e. The van der Waals surface area contributed by atoms with Crippen LogP contribution < -0.4 is 5.73 Å². The maximum Gasteiger partial charge on any atom is 0.141 e. The van der Waals surface area contributed by atoms with Gasteiger partial charge >= 0.3 is 0 Å². The molecular formula is C13H20N2O. The SMILES string of the molecule is CCc1ccc(CC(=O)C(C)CCN)nc1. The molecule has 0 saturated carbocycles. The number of carbonyl (C=O) groups is 1. The zero-order valence-corrected chi connectivity index (χ0v) is 10.1. The Morgan fingerprint density at radius 1 is 1.50 bits per heavy atom. The van der Waals surface area contributed by atoms with Crippen LogP contribution in [-0.2, 0) is 17.6 Å². The Labute approximate surface area is 97.1 Å². The second-order valence-electron chi connectivity index (χ2n) is 4.13. The van der Waals surface area contributed by atoms with Crippen LogP contribution in [0.5, 0.6) is 0 Å². The monoisotopic (exact) mass is 220 g/mol. The van der Waals surface area contributed by atoms with Gasteiger partial charge in [-0.3, -0.25) is 9.78 Å². The lowest BCUT2D eigenvalue weighted by Crippen LogP contribution is -2.17. The molecule has 0 aliphatic carbocycles. The van der Waals surface area contributed by atoms with Gasteiger partial charge in [-0.1, -0.05) is 19.9 Å². The molecule has 1 unspecified atom stereocenters. The predicted octanol–water partition coefficient (Wildman–Crippen LogP) is 1.74. The summed E-state index contributed by atoms with van der Waals surface area (Å²) in [7, 11) is 0. The molecule has 2 N–H and O–H groups in total. The van der Waals surface area contributed by atoms with E-state index in [2.05, 4.69) is 11.9 Å². The lowest BCUT2D eigenvalue weighted by atomic mass is 9.98. The van der Waals surface area contributed by atoms with Gasteiger partial charge in [0.1, 0.15) is 5.78 Å². The summed E-state index contributed by atoms with van der Waals surface area (Å²) >= 11 is 0. The highest BCUT2D eigenvalue weighted by atomic mass is 16.1. The Morgan fingerprint density at radius 2 is 2.25 bits per heavy atom. The van der Waals surface area contributed by atoms with Gasteiger partial charge in [-0.05, 0) is 31.0 Å². The van der Waals surface area contributed by atoms with E-state index in [4.69, 9.17) is 5.73 Å². The first-order chi connectivity index (χ1) is 7.67. The van der Waals surface area contributed by atoms with E-state index in [9.17, 15) is 4.79 Å². The van der Waals surface area contributed by atoms with E-state index in [1.165, 1.54) is 5.56 Å². The molecular weight excluding hydrogens is 200 g/mol. The molecule has 1 aromatic rings. The van der Waals surface area contributed by atoms with Crippen LogP contribution in [0.1, 0.15) is 31.5 Å². The number of aryl methyl sites for hydroxylation is 1. The van der Waals surface area contributed by atoms with Gasteiger partial charge in [-0.25, -0.2) is 0 Å². The second kappa shape index (κ2) is 6.38. The van der Waals surface area contributed by atoms with Crippen LogP contribution in [0.3, 0.4) is 0 Å². The molecule has 1 rings (SSSR count). The molecule has 0 fully saturated rings. The number of carbonyl (C=O) groups excluding carboxylic acids is 1. The number of hydrogen-bond acceptors (Lipinski definition) is 3. The van der Waals surface area contributed by atoms with Gasteiger partial charge in [-0.15, -0.1) is 0 Å². The third-order valence-electron chi connectivity index (χ3n) is 2.80. The Hall–Kier alpha value is -1.22. The number of aromatic nitrogens is 1. The highest BCUT2D eigenvalue weighted by molar-refractivity contribution is 5.82. The first kappa shape index (κ1) is 12.8. The van der Waals surface area contributed by atoms with Gasteiger partial charge < -0.3 is 5.73 Å². The van der Waals surface area contributed by atoms with Gasteiger partial charge in [0, 0.05) is 24.2 Å². The lowest BCUT2D eigenvalue weighted by Gasteiger charge is -2.08. The van der Waals surface area contributed by atoms with Gasteiger partial charge in [0.25, 0.3) is 0 Å². The van der Waals surface area contributed by atoms with E-state index in [-0.39, 0.29) is 11.7 Å². The summed E-state index contributed by atoms with van der Waals surface area (Å²) in [5.41, 5.74) is 7.48. The summed E-state index contributed by atoms with van der Waals surface area (Å²) in [6.07, 6.45) is 4.00. The minimum atomic E-state index is 0.0395. The van der Waals surface area contributed by atoms with Crippen LogP contribution in [0.2, 0.25) is 0 Å². The van der Waals surface area contributed by atoms with Crippen LogP contribution in [0, 0.1) is 5.92 Å². The largest absolute Gasteiger partial charge is 0.330 e. The van der Waals surface area contributed by atoms with Gasteiger partial charge in [0.15, 0.2) is 0 Å². The van der Waals surface area contributed by atoms with E-state index in [1.807, 2.05) is 25.3 Å². The summed E-state index contributed by atoms with van der Waals surface area (Å²) < 4.78 is 0. The van der Waals surface area contributed by atoms with Gasteiger partial charge in [0.05, 0.1) is 0 Å². The average Bonchev–Trinajstić information content (AvgIpc) is 2.30. The normalized spacial score (nSPS) is 12.4. The quantitative estimate of drug-likeness (QED) is 0.794. The third kappa shape index (κ3) is 3.74. The molecule has 16 heavy (non-hydrogen) atoms. The number of nitrogens with two attached hydrogens (primary N) is 1. The molecule has 0 saturated heterocycles. The molecule has 0 aromatic carbocycles. The Kier molecular flexibility index (Phi) is 5.12. The van der Waals surface area contributed by atoms with Crippen molar-refractivity contribution in [3.8, 4) is 0 Å². The van der Waals surface area contributed by atoms with Crippen molar-refractivity contribution in [2.24, 2.45) is 11.7 Å². The number of Topliss-reactive ketones (excluding diaryl/α,β-unsaturated/α-hetero) is 1. The number of hydrogen-bond donors (Lipinski definition) is 1. The predicted molar refractivity (Wildman–Crippen MR) is 65.2 cm³/mol. The van der Waals surface area contributed by atoms with Crippen LogP contribution in [0.25, 0.3) is 0 Å². The number of ketones is 1. The van der Waals surface area contributed by atoms with Crippen LogP contribution in [-0.4, -0.2) is 17.3 Å². The summed E-state index contributed by atoms with van der Waals surface area (Å²) in [6, 6.07) is 3.97. The van der Waals surface area contributed by atoms with E-state index < -0.39 is 0 Å². The van der Waals surface area contributed by atoms with E-state index in [0.717, 1.165) is 18.5 Å². The lowest BCUT2D eigenvalue weighted by molar-refractivity contribution is -0.121. The van der Waals surface area contributed by atoms with E-state index >= 15 is 0 Å². The van der Waals surface area contributed by atoms with E-state index in [0.29, 0.717) is 13.0 Å². The first-order valence-corrected chi connectivity index (χ1v) is 5.84. The zero-order chi connectivity index (χ0) is 12.0. The number of rotatable bonds is 6. The molecule has 1 atom stereocenters. The zero-order valence-electron chi connectivity index (χ0n) is 10.1.